The summed E-state index contributed by atoms with van der Waals surface area (Å²) in [7, 11) is 0. The summed E-state index contributed by atoms with van der Waals surface area (Å²) >= 11 is 0. The first kappa shape index (κ1) is 39.9. The van der Waals surface area contributed by atoms with Gasteiger partial charge in [-0.3, -0.25) is 0 Å². The van der Waals surface area contributed by atoms with Crippen LogP contribution in [0, 0.1) is 0 Å². The molecule has 0 aromatic heterocycles. The Hall–Kier alpha value is -1.12. The third-order valence-electron chi connectivity index (χ3n) is 8.89. The zero-order valence-corrected chi connectivity index (χ0v) is 29.3. The molecular weight excluding hydrogens is 524 g/mol. The van der Waals surface area contributed by atoms with Crippen molar-refractivity contribution >= 4 is 0 Å². The fraction of sp³-hybridized carbons (Fsp3) is 0.805. The molecule has 2 nitrogen and oxygen atoms in total. The predicted octanol–water partition coefficient (Wildman–Crippen LogP) is 13.9. The molecule has 0 amide bonds. The minimum Gasteiger partial charge on any atom is -0.347 e. The van der Waals surface area contributed by atoms with Gasteiger partial charge in [-0.05, 0) is 83.5 Å². The van der Waals surface area contributed by atoms with Crippen LogP contribution in [0.5, 0.6) is 0 Å². The minimum atomic E-state index is -0.287. The molecule has 0 aliphatic carbocycles. The lowest BCUT2D eigenvalue weighted by atomic mass is 9.98. The van der Waals surface area contributed by atoms with Crippen molar-refractivity contribution in [2.45, 2.75) is 206 Å². The van der Waals surface area contributed by atoms with E-state index in [1.807, 2.05) is 0 Å². The van der Waals surface area contributed by atoms with Gasteiger partial charge in [-0.2, -0.15) is 0 Å². The van der Waals surface area contributed by atoms with Crippen molar-refractivity contribution in [3.63, 3.8) is 0 Å². The number of ether oxygens (including phenoxy) is 2. The van der Waals surface area contributed by atoms with Crippen LogP contribution in [0.1, 0.15) is 194 Å². The van der Waals surface area contributed by atoms with Gasteiger partial charge in [0.05, 0.1) is 12.7 Å². The summed E-state index contributed by atoms with van der Waals surface area (Å²) < 4.78 is 12.8. The van der Waals surface area contributed by atoms with Crippen molar-refractivity contribution in [1.82, 2.24) is 0 Å². The number of hydrogen-bond donors (Lipinski definition) is 0. The van der Waals surface area contributed by atoms with Crippen LogP contribution in [0.25, 0.3) is 0 Å². The third kappa shape index (κ3) is 24.8. The van der Waals surface area contributed by atoms with Crippen molar-refractivity contribution in [1.29, 1.82) is 0 Å². The summed E-state index contributed by atoms with van der Waals surface area (Å²) in [4.78, 5) is 0. The fourth-order valence-corrected chi connectivity index (χ4v) is 5.97. The topological polar surface area (TPSA) is 18.5 Å². The van der Waals surface area contributed by atoms with Crippen molar-refractivity contribution in [3.05, 3.63) is 48.6 Å². The van der Waals surface area contributed by atoms with Crippen LogP contribution in [0.4, 0.5) is 0 Å². The number of rotatable bonds is 31. The Morgan fingerprint density at radius 1 is 0.465 bits per heavy atom. The molecule has 250 valence electrons. The van der Waals surface area contributed by atoms with Gasteiger partial charge < -0.3 is 9.47 Å². The highest BCUT2D eigenvalue weighted by molar-refractivity contribution is 4.93. The zero-order valence-electron chi connectivity index (χ0n) is 29.3. The quantitative estimate of drug-likeness (QED) is 0.0583. The highest BCUT2D eigenvalue weighted by Gasteiger charge is 2.39. The van der Waals surface area contributed by atoms with Crippen LogP contribution in [0.3, 0.4) is 0 Å². The summed E-state index contributed by atoms with van der Waals surface area (Å²) in [5.41, 5.74) is 0. The molecule has 0 aromatic carbocycles. The van der Waals surface area contributed by atoms with Gasteiger partial charge in [0, 0.05) is 12.8 Å². The van der Waals surface area contributed by atoms with Crippen molar-refractivity contribution < 1.29 is 9.47 Å². The Morgan fingerprint density at radius 2 is 0.837 bits per heavy atom. The average Bonchev–Trinajstić information content (AvgIpc) is 3.44. The van der Waals surface area contributed by atoms with E-state index in [2.05, 4.69) is 69.4 Å². The Labute approximate surface area is 270 Å². The summed E-state index contributed by atoms with van der Waals surface area (Å²) in [5, 5.41) is 0. The van der Waals surface area contributed by atoms with Gasteiger partial charge in [-0.15, -0.1) is 0 Å². The van der Waals surface area contributed by atoms with Crippen LogP contribution in [-0.4, -0.2) is 18.5 Å². The van der Waals surface area contributed by atoms with E-state index in [9.17, 15) is 0 Å². The maximum atomic E-state index is 6.50. The molecule has 1 rings (SSSR count). The fourth-order valence-electron chi connectivity index (χ4n) is 5.97. The third-order valence-corrected chi connectivity index (χ3v) is 8.89. The van der Waals surface area contributed by atoms with E-state index in [1.54, 1.807) is 0 Å². The van der Waals surface area contributed by atoms with E-state index < -0.39 is 0 Å². The predicted molar refractivity (Wildman–Crippen MR) is 192 cm³/mol. The first-order chi connectivity index (χ1) is 21.3. The molecule has 1 fully saturated rings. The molecule has 0 bridgehead atoms. The Morgan fingerprint density at radius 3 is 1.21 bits per heavy atom. The second kappa shape index (κ2) is 30.9. The van der Waals surface area contributed by atoms with Gasteiger partial charge in [0.25, 0.3) is 0 Å². The van der Waals surface area contributed by atoms with Crippen molar-refractivity contribution in [3.8, 4) is 0 Å². The molecule has 1 aliphatic heterocycles. The zero-order chi connectivity index (χ0) is 30.9. The summed E-state index contributed by atoms with van der Waals surface area (Å²) in [6.45, 7) is 7.56. The van der Waals surface area contributed by atoms with Crippen molar-refractivity contribution in [2.75, 3.05) is 6.61 Å². The van der Waals surface area contributed by atoms with Crippen LogP contribution < -0.4 is 0 Å². The molecule has 0 unspecified atom stereocenters. The summed E-state index contributed by atoms with van der Waals surface area (Å²) in [6, 6.07) is 0. The lowest BCUT2D eigenvalue weighted by molar-refractivity contribution is -0.179. The molecule has 1 heterocycles. The van der Waals surface area contributed by atoms with Crippen LogP contribution >= 0.6 is 0 Å². The monoisotopic (exact) mass is 599 g/mol. The molecule has 1 atom stereocenters. The molecule has 1 aliphatic rings. The van der Waals surface area contributed by atoms with E-state index in [0.29, 0.717) is 6.10 Å². The second-order valence-corrected chi connectivity index (χ2v) is 13.0. The van der Waals surface area contributed by atoms with Gasteiger partial charge in [0.2, 0.25) is 0 Å². The average molecular weight is 599 g/mol. The highest BCUT2D eigenvalue weighted by atomic mass is 16.7. The normalized spacial score (nSPS) is 17.1. The molecule has 0 N–H and O–H groups in total. The molecule has 0 spiro atoms. The van der Waals surface area contributed by atoms with E-state index in [-0.39, 0.29) is 5.79 Å². The number of allylic oxidation sites excluding steroid dienone is 8. The first-order valence-corrected chi connectivity index (χ1v) is 19.2. The van der Waals surface area contributed by atoms with Crippen LogP contribution in [0.15, 0.2) is 48.6 Å². The van der Waals surface area contributed by atoms with Gasteiger partial charge >= 0.3 is 0 Å². The molecule has 2 heteroatoms. The second-order valence-electron chi connectivity index (χ2n) is 13.0. The van der Waals surface area contributed by atoms with E-state index >= 15 is 0 Å². The molecule has 0 radical (unpaired) electrons. The Balaban J connectivity index is 2.04. The number of hydrogen-bond acceptors (Lipinski definition) is 2. The largest absolute Gasteiger partial charge is 0.347 e. The smallest absolute Gasteiger partial charge is 0.168 e. The van der Waals surface area contributed by atoms with Crippen LogP contribution in [0.2, 0.25) is 0 Å². The molecular formula is C41H74O2. The van der Waals surface area contributed by atoms with Crippen molar-refractivity contribution in [2.24, 2.45) is 0 Å². The highest BCUT2D eigenvalue weighted by Crippen LogP contribution is 2.35. The summed E-state index contributed by atoms with van der Waals surface area (Å²) in [5.74, 6) is -0.287. The lowest BCUT2D eigenvalue weighted by Gasteiger charge is -2.28. The lowest BCUT2D eigenvalue weighted by Crippen LogP contribution is -2.31. The van der Waals surface area contributed by atoms with E-state index in [1.165, 1.54) is 141 Å². The van der Waals surface area contributed by atoms with Crippen LogP contribution in [-0.2, 0) is 9.47 Å². The molecule has 0 aromatic rings. The van der Waals surface area contributed by atoms with Gasteiger partial charge in [-0.1, -0.05) is 146 Å². The molecule has 43 heavy (non-hydrogen) atoms. The SMILES string of the molecule is CCCCC/C=C\C/C=C\CCCCCCCCC1(CCCCCCCC/C=C\C/C=C\CCCCC)OC[C@H](CC)O1. The van der Waals surface area contributed by atoms with Gasteiger partial charge in [-0.25, -0.2) is 0 Å². The molecule has 0 saturated carbocycles. The van der Waals surface area contributed by atoms with E-state index in [4.69, 9.17) is 9.47 Å². The van der Waals surface area contributed by atoms with Gasteiger partial charge in [0.15, 0.2) is 5.79 Å². The summed E-state index contributed by atoms with van der Waals surface area (Å²) in [6.07, 6.45) is 53.5. The maximum absolute atomic E-state index is 6.50. The maximum Gasteiger partial charge on any atom is 0.168 e. The van der Waals surface area contributed by atoms with E-state index in [0.717, 1.165) is 38.7 Å². The minimum absolute atomic E-state index is 0.287. The molecule has 1 saturated heterocycles. The number of unbranched alkanes of at least 4 members (excludes halogenated alkanes) is 18. The van der Waals surface area contributed by atoms with Gasteiger partial charge in [0.1, 0.15) is 0 Å². The standard InChI is InChI=1S/C41H74O2/c1-4-7-9-11-13-15-17-19-21-23-25-27-29-31-33-35-37-41(42-39-40(6-3)43-41)38-36-34-32-30-28-26-24-22-20-18-16-14-12-10-8-5-2/h13-16,19-22,40H,4-12,17-18,23-39H2,1-3H3/b15-13-,16-14-,21-19-,22-20-/t40-/m0/s1. The first-order valence-electron chi connectivity index (χ1n) is 19.2. The Kier molecular flexibility index (Phi) is 28.7. The Bertz CT molecular complexity index is 640.